The molecule has 2 amide bonds. The minimum Gasteiger partial charge on any atom is -0.351 e. The van der Waals surface area contributed by atoms with E-state index in [1.54, 1.807) is 13.0 Å². The van der Waals surface area contributed by atoms with E-state index in [2.05, 4.69) is 5.32 Å². The highest BCUT2D eigenvalue weighted by Gasteiger charge is 2.49. The number of nitrogens with one attached hydrogen (secondary N) is 1. The highest BCUT2D eigenvalue weighted by Crippen LogP contribution is 2.38. The monoisotopic (exact) mass is 469 g/mol. The fraction of sp³-hybridized carbons (Fsp3) is 0.385. The van der Waals surface area contributed by atoms with Crippen LogP contribution in [-0.4, -0.2) is 28.0 Å². The first-order valence-corrected chi connectivity index (χ1v) is 11.6. The second-order valence-electron chi connectivity index (χ2n) is 9.45. The van der Waals surface area contributed by atoms with Gasteiger partial charge in [-0.1, -0.05) is 43.5 Å². The van der Waals surface area contributed by atoms with Crippen molar-refractivity contribution in [1.29, 1.82) is 0 Å². The quantitative estimate of drug-likeness (QED) is 0.549. The van der Waals surface area contributed by atoms with Crippen molar-refractivity contribution in [3.8, 4) is 0 Å². The van der Waals surface area contributed by atoms with Crippen molar-refractivity contribution in [1.82, 2.24) is 9.88 Å². The molecule has 1 N–H and O–H groups in total. The maximum atomic E-state index is 13.8. The zero-order chi connectivity index (χ0) is 24.1. The van der Waals surface area contributed by atoms with E-state index in [1.807, 2.05) is 28.8 Å². The third-order valence-electron chi connectivity index (χ3n) is 7.05. The maximum Gasteiger partial charge on any atom is 0.416 e. The number of nitrogens with zero attached hydrogens (tertiary/aromatic N) is 2. The van der Waals surface area contributed by atoms with Crippen LogP contribution in [0, 0.1) is 0 Å². The number of rotatable bonds is 3. The molecule has 2 heterocycles. The Bertz CT molecular complexity index is 1260. The van der Waals surface area contributed by atoms with Crippen LogP contribution in [0.1, 0.15) is 55.1 Å². The lowest BCUT2D eigenvalue weighted by atomic mass is 9.90. The SMILES string of the molecule is C[C@]1(C(=O)NC2CCCCC2)Cn2c(cc3ccccc32)C(=O)N1c1cccc(C(F)(F)F)c1. The molecule has 0 spiro atoms. The molecule has 178 valence electrons. The molecule has 1 aromatic heterocycles. The number of hydrogen-bond donors (Lipinski definition) is 1. The van der Waals surface area contributed by atoms with Crippen molar-refractivity contribution in [2.45, 2.75) is 63.3 Å². The molecular formula is C26H26F3N3O2. The summed E-state index contributed by atoms with van der Waals surface area (Å²) in [5.74, 6) is -0.850. The summed E-state index contributed by atoms with van der Waals surface area (Å²) >= 11 is 0. The minimum absolute atomic E-state index is 0.000611. The molecule has 5 nitrogen and oxygen atoms in total. The van der Waals surface area contributed by atoms with E-state index in [1.165, 1.54) is 17.0 Å². The lowest BCUT2D eigenvalue weighted by Gasteiger charge is -2.45. The summed E-state index contributed by atoms with van der Waals surface area (Å²) in [4.78, 5) is 28.8. The van der Waals surface area contributed by atoms with Crippen LogP contribution in [0.15, 0.2) is 54.6 Å². The average Bonchev–Trinajstić information content (AvgIpc) is 3.18. The zero-order valence-electron chi connectivity index (χ0n) is 18.9. The third-order valence-corrected chi connectivity index (χ3v) is 7.05. The molecule has 0 bridgehead atoms. The Hall–Kier alpha value is -3.29. The fourth-order valence-electron chi connectivity index (χ4n) is 5.26. The molecule has 1 aliphatic heterocycles. The number of fused-ring (bicyclic) bond motifs is 3. The number of halogens is 3. The van der Waals surface area contributed by atoms with Crippen LogP contribution in [-0.2, 0) is 17.5 Å². The topological polar surface area (TPSA) is 54.3 Å². The van der Waals surface area contributed by atoms with E-state index in [0.717, 1.165) is 55.1 Å². The number of aromatic nitrogens is 1. The first-order valence-electron chi connectivity index (χ1n) is 11.6. The lowest BCUT2D eigenvalue weighted by Crippen LogP contribution is -2.65. The Morgan fingerprint density at radius 2 is 1.76 bits per heavy atom. The van der Waals surface area contributed by atoms with Gasteiger partial charge in [-0.2, -0.15) is 13.2 Å². The molecule has 0 saturated heterocycles. The van der Waals surface area contributed by atoms with Gasteiger partial charge >= 0.3 is 6.18 Å². The molecule has 1 aliphatic carbocycles. The summed E-state index contributed by atoms with van der Waals surface area (Å²) < 4.78 is 42.3. The Morgan fingerprint density at radius 3 is 2.50 bits per heavy atom. The Kier molecular flexibility index (Phi) is 5.41. The summed E-state index contributed by atoms with van der Waals surface area (Å²) in [6.45, 7) is 1.78. The Labute approximate surface area is 195 Å². The summed E-state index contributed by atoms with van der Waals surface area (Å²) in [7, 11) is 0. The van der Waals surface area contributed by atoms with Crippen molar-refractivity contribution < 1.29 is 22.8 Å². The minimum atomic E-state index is -4.56. The van der Waals surface area contributed by atoms with Crippen molar-refractivity contribution in [3.05, 3.63) is 65.9 Å². The Balaban J connectivity index is 1.63. The van der Waals surface area contributed by atoms with E-state index in [-0.39, 0.29) is 24.2 Å². The molecule has 5 rings (SSSR count). The van der Waals surface area contributed by atoms with Gasteiger partial charge in [-0.05, 0) is 50.1 Å². The van der Waals surface area contributed by atoms with E-state index in [0.29, 0.717) is 5.69 Å². The molecule has 2 aliphatic rings. The van der Waals surface area contributed by atoms with Crippen LogP contribution >= 0.6 is 0 Å². The second-order valence-corrected chi connectivity index (χ2v) is 9.45. The van der Waals surface area contributed by atoms with Gasteiger partial charge in [-0.25, -0.2) is 0 Å². The van der Waals surface area contributed by atoms with Gasteiger partial charge in [0.25, 0.3) is 5.91 Å². The molecule has 1 fully saturated rings. The van der Waals surface area contributed by atoms with Gasteiger partial charge in [0, 0.05) is 22.6 Å². The Morgan fingerprint density at radius 1 is 1.03 bits per heavy atom. The van der Waals surface area contributed by atoms with Crippen molar-refractivity contribution in [2.75, 3.05) is 4.90 Å². The third kappa shape index (κ3) is 3.75. The normalized spacial score (nSPS) is 21.5. The van der Waals surface area contributed by atoms with Crippen LogP contribution in [0.2, 0.25) is 0 Å². The van der Waals surface area contributed by atoms with Crippen LogP contribution in [0.5, 0.6) is 0 Å². The first kappa shape index (κ1) is 22.5. The van der Waals surface area contributed by atoms with Gasteiger partial charge in [-0.15, -0.1) is 0 Å². The van der Waals surface area contributed by atoms with Gasteiger partial charge in [-0.3, -0.25) is 14.5 Å². The molecule has 8 heteroatoms. The highest BCUT2D eigenvalue weighted by molar-refractivity contribution is 6.14. The van der Waals surface area contributed by atoms with E-state index in [4.69, 9.17) is 0 Å². The molecular weight excluding hydrogens is 443 g/mol. The van der Waals surface area contributed by atoms with E-state index >= 15 is 0 Å². The van der Waals surface area contributed by atoms with Crippen LogP contribution in [0.3, 0.4) is 0 Å². The summed E-state index contributed by atoms with van der Waals surface area (Å²) in [6, 6.07) is 13.9. The van der Waals surface area contributed by atoms with Gasteiger partial charge in [0.05, 0.1) is 12.1 Å². The number of carbonyl (C=O) groups excluding carboxylic acids is 2. The molecule has 0 radical (unpaired) electrons. The number of hydrogen-bond acceptors (Lipinski definition) is 2. The molecule has 2 aromatic carbocycles. The highest BCUT2D eigenvalue weighted by atomic mass is 19.4. The smallest absolute Gasteiger partial charge is 0.351 e. The molecule has 1 saturated carbocycles. The number of benzene rings is 2. The molecule has 3 aromatic rings. The molecule has 34 heavy (non-hydrogen) atoms. The predicted octanol–water partition coefficient (Wildman–Crippen LogP) is 5.53. The average molecular weight is 470 g/mol. The standard InChI is InChI=1S/C26H26F3N3O2/c1-25(24(34)30-19-10-3-2-4-11-19)16-31-21-13-6-5-8-17(21)14-22(31)23(33)32(25)20-12-7-9-18(15-20)26(27,28)29/h5-9,12-15,19H,2-4,10-11,16H2,1H3,(H,30,34)/t25-/m1/s1. The lowest BCUT2D eigenvalue weighted by molar-refractivity contribution is -0.137. The summed E-state index contributed by atoms with van der Waals surface area (Å²) in [6.07, 6.45) is 0.310. The number of amides is 2. The number of para-hydroxylation sites is 1. The zero-order valence-corrected chi connectivity index (χ0v) is 18.9. The van der Waals surface area contributed by atoms with Crippen molar-refractivity contribution in [2.24, 2.45) is 0 Å². The van der Waals surface area contributed by atoms with E-state index in [9.17, 15) is 22.8 Å². The van der Waals surface area contributed by atoms with Crippen molar-refractivity contribution in [3.63, 3.8) is 0 Å². The fourth-order valence-corrected chi connectivity index (χ4v) is 5.26. The van der Waals surface area contributed by atoms with Gasteiger partial charge < -0.3 is 9.88 Å². The van der Waals surface area contributed by atoms with Crippen LogP contribution in [0.25, 0.3) is 10.9 Å². The van der Waals surface area contributed by atoms with E-state index < -0.39 is 23.2 Å². The number of alkyl halides is 3. The van der Waals surface area contributed by atoms with Gasteiger partial charge in [0.2, 0.25) is 5.91 Å². The summed E-state index contributed by atoms with van der Waals surface area (Å²) in [5, 5.41) is 3.94. The number of anilines is 1. The molecule has 1 atom stereocenters. The van der Waals surface area contributed by atoms with Crippen molar-refractivity contribution >= 4 is 28.4 Å². The van der Waals surface area contributed by atoms with Gasteiger partial charge in [0.15, 0.2) is 0 Å². The predicted molar refractivity (Wildman–Crippen MR) is 124 cm³/mol. The number of carbonyl (C=O) groups is 2. The largest absolute Gasteiger partial charge is 0.416 e. The first-order chi connectivity index (χ1) is 16.2. The van der Waals surface area contributed by atoms with Gasteiger partial charge in [0.1, 0.15) is 11.2 Å². The van der Waals surface area contributed by atoms with Crippen LogP contribution in [0.4, 0.5) is 18.9 Å². The second kappa shape index (κ2) is 8.18. The maximum absolute atomic E-state index is 13.8. The summed E-state index contributed by atoms with van der Waals surface area (Å²) in [5.41, 5.74) is -1.06. The van der Waals surface area contributed by atoms with Crippen LogP contribution < -0.4 is 10.2 Å². The molecule has 0 unspecified atom stereocenters.